The lowest BCUT2D eigenvalue weighted by molar-refractivity contribution is 0.0535. The molecule has 2 amide bonds. The van der Waals surface area contributed by atoms with Crippen molar-refractivity contribution in [3.63, 3.8) is 0 Å². The number of benzene rings is 2. The van der Waals surface area contributed by atoms with Crippen molar-refractivity contribution in [2.45, 2.75) is 13.3 Å². The van der Waals surface area contributed by atoms with Crippen LogP contribution in [0, 0.1) is 0 Å². The highest BCUT2D eigenvalue weighted by Crippen LogP contribution is 2.14. The van der Waals surface area contributed by atoms with Crippen LogP contribution in [0.4, 0.5) is 5.69 Å². The number of nitrogen functional groups attached to an aromatic ring is 1. The standard InChI is InChI=1S/C20H23N3O2/c1-2-15-3-5-16(6-4-15)19(24)22-11-13-23(14-12-22)20(25)17-7-9-18(21)10-8-17/h3-10H,2,11-14,21H2,1H3. The van der Waals surface area contributed by atoms with Crippen LogP contribution in [0.1, 0.15) is 33.2 Å². The molecule has 0 atom stereocenters. The Morgan fingerprint density at radius 3 is 1.60 bits per heavy atom. The number of piperazine rings is 1. The average Bonchev–Trinajstić information content (AvgIpc) is 2.67. The Morgan fingerprint density at radius 1 is 0.800 bits per heavy atom. The molecule has 5 heteroatoms. The Labute approximate surface area is 148 Å². The SMILES string of the molecule is CCc1ccc(C(=O)N2CCN(C(=O)c3ccc(N)cc3)CC2)cc1. The fourth-order valence-corrected chi connectivity index (χ4v) is 2.99. The highest BCUT2D eigenvalue weighted by Gasteiger charge is 2.25. The third kappa shape index (κ3) is 3.82. The highest BCUT2D eigenvalue weighted by atomic mass is 16.2. The largest absolute Gasteiger partial charge is 0.399 e. The van der Waals surface area contributed by atoms with Crippen molar-refractivity contribution in [3.05, 3.63) is 65.2 Å². The van der Waals surface area contributed by atoms with Crippen LogP contribution < -0.4 is 5.73 Å². The molecule has 1 fully saturated rings. The Balaban J connectivity index is 1.60. The van der Waals surface area contributed by atoms with Crippen molar-refractivity contribution >= 4 is 17.5 Å². The van der Waals surface area contributed by atoms with E-state index in [9.17, 15) is 9.59 Å². The minimum atomic E-state index is -0.0144. The Kier molecular flexibility index (Phi) is 5.03. The number of rotatable bonds is 3. The lowest BCUT2D eigenvalue weighted by atomic mass is 10.1. The lowest BCUT2D eigenvalue weighted by Gasteiger charge is -2.35. The molecule has 5 nitrogen and oxygen atoms in total. The number of nitrogens with two attached hydrogens (primary N) is 1. The van der Waals surface area contributed by atoms with E-state index in [-0.39, 0.29) is 11.8 Å². The van der Waals surface area contributed by atoms with Crippen LogP contribution in [0.15, 0.2) is 48.5 Å². The summed E-state index contributed by atoms with van der Waals surface area (Å²) in [5, 5.41) is 0. The van der Waals surface area contributed by atoms with Gasteiger partial charge in [-0.15, -0.1) is 0 Å². The summed E-state index contributed by atoms with van der Waals surface area (Å²) in [4.78, 5) is 28.7. The number of aryl methyl sites for hydroxylation is 1. The third-order valence-electron chi connectivity index (χ3n) is 4.62. The van der Waals surface area contributed by atoms with Gasteiger partial charge in [0.05, 0.1) is 0 Å². The van der Waals surface area contributed by atoms with Crippen molar-refractivity contribution in [2.24, 2.45) is 0 Å². The van der Waals surface area contributed by atoms with Gasteiger partial charge in [-0.2, -0.15) is 0 Å². The molecule has 0 aromatic heterocycles. The summed E-state index contributed by atoms with van der Waals surface area (Å²) in [7, 11) is 0. The predicted octanol–water partition coefficient (Wildman–Crippen LogP) is 2.43. The maximum Gasteiger partial charge on any atom is 0.253 e. The lowest BCUT2D eigenvalue weighted by Crippen LogP contribution is -2.50. The van der Waals surface area contributed by atoms with Gasteiger partial charge in [-0.3, -0.25) is 9.59 Å². The zero-order valence-electron chi connectivity index (χ0n) is 14.4. The van der Waals surface area contributed by atoms with E-state index in [0.717, 1.165) is 6.42 Å². The number of hydrogen-bond donors (Lipinski definition) is 1. The van der Waals surface area contributed by atoms with E-state index in [4.69, 9.17) is 5.73 Å². The van der Waals surface area contributed by atoms with E-state index < -0.39 is 0 Å². The van der Waals surface area contributed by atoms with Gasteiger partial charge >= 0.3 is 0 Å². The second kappa shape index (κ2) is 7.38. The molecular weight excluding hydrogens is 314 g/mol. The number of amides is 2. The second-order valence-electron chi connectivity index (χ2n) is 6.26. The van der Waals surface area contributed by atoms with Gasteiger partial charge in [-0.1, -0.05) is 19.1 Å². The molecule has 1 saturated heterocycles. The molecule has 1 aliphatic rings. The predicted molar refractivity (Wildman–Crippen MR) is 98.5 cm³/mol. The minimum absolute atomic E-state index is 0.0144. The molecule has 1 heterocycles. The summed E-state index contributed by atoms with van der Waals surface area (Å²) in [5.41, 5.74) is 8.85. The average molecular weight is 337 g/mol. The van der Waals surface area contributed by atoms with Crippen LogP contribution in [0.5, 0.6) is 0 Å². The highest BCUT2D eigenvalue weighted by molar-refractivity contribution is 5.96. The van der Waals surface area contributed by atoms with Crippen molar-refractivity contribution in [2.75, 3.05) is 31.9 Å². The molecule has 0 saturated carbocycles. The Morgan fingerprint density at radius 2 is 1.20 bits per heavy atom. The van der Waals surface area contributed by atoms with Crippen LogP contribution >= 0.6 is 0 Å². The van der Waals surface area contributed by atoms with Crippen molar-refractivity contribution in [3.8, 4) is 0 Å². The molecule has 2 aromatic carbocycles. The van der Waals surface area contributed by atoms with Crippen LogP contribution in [0.3, 0.4) is 0 Å². The van der Waals surface area contributed by atoms with E-state index in [0.29, 0.717) is 43.0 Å². The van der Waals surface area contributed by atoms with Crippen LogP contribution in [0.2, 0.25) is 0 Å². The van der Waals surface area contributed by atoms with Gasteiger partial charge in [0.2, 0.25) is 0 Å². The van der Waals surface area contributed by atoms with Crippen molar-refractivity contribution < 1.29 is 9.59 Å². The zero-order valence-corrected chi connectivity index (χ0v) is 14.4. The summed E-state index contributed by atoms with van der Waals surface area (Å²) < 4.78 is 0. The van der Waals surface area contributed by atoms with Crippen LogP contribution in [-0.4, -0.2) is 47.8 Å². The molecule has 2 N–H and O–H groups in total. The number of carbonyl (C=O) groups is 2. The summed E-state index contributed by atoms with van der Waals surface area (Å²) in [6.45, 7) is 4.28. The fraction of sp³-hybridized carbons (Fsp3) is 0.300. The number of nitrogens with zero attached hydrogens (tertiary/aromatic N) is 2. The first-order chi connectivity index (χ1) is 12.1. The molecule has 3 rings (SSSR count). The second-order valence-corrected chi connectivity index (χ2v) is 6.26. The van der Waals surface area contributed by atoms with E-state index in [1.165, 1.54) is 5.56 Å². The smallest absolute Gasteiger partial charge is 0.253 e. The van der Waals surface area contributed by atoms with E-state index in [1.807, 2.05) is 29.2 Å². The van der Waals surface area contributed by atoms with Gasteiger partial charge in [0.25, 0.3) is 11.8 Å². The molecule has 130 valence electrons. The maximum atomic E-state index is 12.6. The van der Waals surface area contributed by atoms with Gasteiger partial charge in [0.15, 0.2) is 0 Å². The normalized spacial score (nSPS) is 14.4. The minimum Gasteiger partial charge on any atom is -0.399 e. The molecule has 1 aliphatic heterocycles. The fourth-order valence-electron chi connectivity index (χ4n) is 2.99. The summed E-state index contributed by atoms with van der Waals surface area (Å²) in [6, 6.07) is 14.7. The van der Waals surface area contributed by atoms with Crippen LogP contribution in [0.25, 0.3) is 0 Å². The molecular formula is C20H23N3O2. The first-order valence-corrected chi connectivity index (χ1v) is 8.61. The van der Waals surface area contributed by atoms with Crippen LogP contribution in [-0.2, 0) is 6.42 Å². The first-order valence-electron chi connectivity index (χ1n) is 8.61. The molecule has 0 bridgehead atoms. The molecule has 2 aromatic rings. The summed E-state index contributed by atoms with van der Waals surface area (Å²) in [6.07, 6.45) is 0.959. The maximum absolute atomic E-state index is 12.6. The van der Waals surface area contributed by atoms with Gasteiger partial charge in [0, 0.05) is 43.0 Å². The van der Waals surface area contributed by atoms with Gasteiger partial charge in [-0.05, 0) is 48.4 Å². The number of hydrogen-bond acceptors (Lipinski definition) is 3. The number of carbonyl (C=O) groups excluding carboxylic acids is 2. The van der Waals surface area contributed by atoms with Gasteiger partial charge in [0.1, 0.15) is 0 Å². The Hall–Kier alpha value is -2.82. The summed E-state index contributed by atoms with van der Waals surface area (Å²) >= 11 is 0. The molecule has 25 heavy (non-hydrogen) atoms. The number of anilines is 1. The monoisotopic (exact) mass is 337 g/mol. The third-order valence-corrected chi connectivity index (χ3v) is 4.62. The van der Waals surface area contributed by atoms with Crippen molar-refractivity contribution in [1.82, 2.24) is 9.80 Å². The van der Waals surface area contributed by atoms with E-state index in [1.54, 1.807) is 29.2 Å². The molecule has 0 aliphatic carbocycles. The van der Waals surface area contributed by atoms with Crippen molar-refractivity contribution in [1.29, 1.82) is 0 Å². The topological polar surface area (TPSA) is 66.6 Å². The zero-order chi connectivity index (χ0) is 17.8. The molecule has 0 unspecified atom stereocenters. The van der Waals surface area contributed by atoms with E-state index in [2.05, 4.69) is 6.92 Å². The summed E-state index contributed by atoms with van der Waals surface area (Å²) in [5.74, 6) is 0.0154. The molecule has 0 spiro atoms. The Bertz CT molecular complexity index is 746. The quantitative estimate of drug-likeness (QED) is 0.875. The first kappa shape index (κ1) is 17.0. The van der Waals surface area contributed by atoms with E-state index >= 15 is 0 Å². The van der Waals surface area contributed by atoms with Gasteiger partial charge < -0.3 is 15.5 Å². The van der Waals surface area contributed by atoms with Gasteiger partial charge in [-0.25, -0.2) is 0 Å². The molecule has 0 radical (unpaired) electrons.